The Bertz CT molecular complexity index is 300. The summed E-state index contributed by atoms with van der Waals surface area (Å²) in [4.78, 5) is 13.6. The van der Waals surface area contributed by atoms with E-state index in [1.165, 1.54) is 0 Å². The Kier molecular flexibility index (Phi) is 2.62. The largest absolute Gasteiger partial charge is 0.444 e. The molecule has 0 aromatic heterocycles. The molecule has 0 unspecified atom stereocenters. The molecule has 2 atom stereocenters. The van der Waals surface area contributed by atoms with Crippen molar-refractivity contribution in [3.8, 4) is 0 Å². The van der Waals surface area contributed by atoms with Gasteiger partial charge in [0, 0.05) is 19.1 Å². The van der Waals surface area contributed by atoms with Crippen LogP contribution in [0.5, 0.6) is 0 Å². The van der Waals surface area contributed by atoms with Crippen LogP contribution in [-0.2, 0) is 4.74 Å². The number of nitrogens with one attached hydrogen (secondary N) is 1. The molecule has 0 aromatic carbocycles. The minimum atomic E-state index is -0.460. The highest BCUT2D eigenvalue weighted by molar-refractivity contribution is 5.69. The second-order valence-electron chi connectivity index (χ2n) is 5.79. The quantitative estimate of drug-likeness (QED) is 0.679. The van der Waals surface area contributed by atoms with Gasteiger partial charge < -0.3 is 20.1 Å². The van der Waals surface area contributed by atoms with Crippen LogP contribution in [0.25, 0.3) is 0 Å². The molecule has 0 aliphatic carbocycles. The van der Waals surface area contributed by atoms with E-state index < -0.39 is 5.60 Å². The Labute approximate surface area is 95.8 Å². The maximum Gasteiger partial charge on any atom is 0.410 e. The molecule has 5 heteroatoms. The number of aliphatic hydroxyl groups is 1. The van der Waals surface area contributed by atoms with Crippen molar-refractivity contribution in [3.63, 3.8) is 0 Å². The first-order chi connectivity index (χ1) is 7.35. The van der Waals surface area contributed by atoms with Crippen molar-refractivity contribution in [2.75, 3.05) is 19.7 Å². The Morgan fingerprint density at radius 3 is 2.81 bits per heavy atom. The second-order valence-corrected chi connectivity index (χ2v) is 5.79. The number of carbonyl (C=O) groups excluding carboxylic acids is 1. The van der Waals surface area contributed by atoms with Gasteiger partial charge in [-0.15, -0.1) is 0 Å². The maximum absolute atomic E-state index is 11.9. The number of likely N-dealkylation sites (tertiary alicyclic amines) is 1. The fourth-order valence-corrected chi connectivity index (χ4v) is 2.43. The summed E-state index contributed by atoms with van der Waals surface area (Å²) in [6.07, 6.45) is 0.553. The number of nitrogens with zero attached hydrogens (tertiary/aromatic N) is 1. The van der Waals surface area contributed by atoms with E-state index in [1.807, 2.05) is 20.8 Å². The molecule has 0 aromatic rings. The van der Waals surface area contributed by atoms with Crippen molar-refractivity contribution in [2.24, 2.45) is 0 Å². The van der Waals surface area contributed by atoms with Gasteiger partial charge in [0.25, 0.3) is 0 Å². The molecular formula is C11H20N2O3. The summed E-state index contributed by atoms with van der Waals surface area (Å²) >= 11 is 0. The zero-order valence-corrected chi connectivity index (χ0v) is 10.1. The van der Waals surface area contributed by atoms with Crippen LogP contribution in [0, 0.1) is 0 Å². The van der Waals surface area contributed by atoms with Crippen LogP contribution in [0.15, 0.2) is 0 Å². The molecule has 2 heterocycles. The van der Waals surface area contributed by atoms with Crippen LogP contribution in [0.1, 0.15) is 27.2 Å². The van der Waals surface area contributed by atoms with Crippen molar-refractivity contribution < 1.29 is 14.6 Å². The number of ether oxygens (including phenoxy) is 1. The van der Waals surface area contributed by atoms with E-state index in [0.717, 1.165) is 13.0 Å². The number of fused-ring (bicyclic) bond motifs is 2. The number of aliphatic hydroxyl groups excluding tert-OH is 1. The molecule has 0 saturated carbocycles. The zero-order chi connectivity index (χ0) is 12.0. The highest BCUT2D eigenvalue weighted by Gasteiger charge is 2.51. The Morgan fingerprint density at radius 1 is 1.62 bits per heavy atom. The van der Waals surface area contributed by atoms with Crippen molar-refractivity contribution in [2.45, 2.75) is 44.4 Å². The van der Waals surface area contributed by atoms with Gasteiger partial charge >= 0.3 is 6.09 Å². The average molecular weight is 228 g/mol. The lowest BCUT2D eigenvalue weighted by atomic mass is 10.0. The number of rotatable bonds is 1. The molecule has 5 nitrogen and oxygen atoms in total. The van der Waals surface area contributed by atoms with Crippen molar-refractivity contribution in [1.82, 2.24) is 10.2 Å². The molecular weight excluding hydrogens is 208 g/mol. The molecule has 2 bridgehead atoms. The molecule has 2 saturated heterocycles. The summed E-state index contributed by atoms with van der Waals surface area (Å²) < 4.78 is 5.34. The highest BCUT2D eigenvalue weighted by atomic mass is 16.6. The van der Waals surface area contributed by atoms with Crippen molar-refractivity contribution >= 4 is 6.09 Å². The summed E-state index contributed by atoms with van der Waals surface area (Å²) in [5.41, 5.74) is -0.750. The lowest BCUT2D eigenvalue weighted by Gasteiger charge is -2.33. The lowest BCUT2D eigenvalue weighted by Crippen LogP contribution is -2.55. The maximum atomic E-state index is 11.9. The number of piperazine rings is 1. The molecule has 16 heavy (non-hydrogen) atoms. The standard InChI is InChI=1S/C11H20N2O3/c1-10(2,3)16-9(15)13-6-11(7-14)4-8(13)5-12-11/h8,12,14H,4-7H2,1-3H3/t8-,11-/m0/s1. The summed E-state index contributed by atoms with van der Waals surface area (Å²) in [7, 11) is 0. The SMILES string of the molecule is CC(C)(C)OC(=O)N1C[C@]2(CO)C[C@H]1CN2. The third kappa shape index (κ3) is 2.01. The fourth-order valence-electron chi connectivity index (χ4n) is 2.43. The van der Waals surface area contributed by atoms with E-state index in [-0.39, 0.29) is 24.3 Å². The third-order valence-electron chi connectivity index (χ3n) is 3.18. The molecule has 2 fully saturated rings. The molecule has 92 valence electrons. The zero-order valence-electron chi connectivity index (χ0n) is 10.1. The van der Waals surface area contributed by atoms with E-state index in [4.69, 9.17) is 4.74 Å². The molecule has 2 aliphatic rings. The van der Waals surface area contributed by atoms with Gasteiger partial charge in [-0.1, -0.05) is 0 Å². The Morgan fingerprint density at radius 2 is 2.31 bits per heavy atom. The van der Waals surface area contributed by atoms with E-state index >= 15 is 0 Å². The Hall–Kier alpha value is -0.810. The van der Waals surface area contributed by atoms with Gasteiger partial charge in [0.2, 0.25) is 0 Å². The van der Waals surface area contributed by atoms with Crippen LogP contribution >= 0.6 is 0 Å². The van der Waals surface area contributed by atoms with E-state index in [0.29, 0.717) is 6.54 Å². The summed E-state index contributed by atoms with van der Waals surface area (Å²) in [5, 5.41) is 12.6. The topological polar surface area (TPSA) is 61.8 Å². The molecule has 2 rings (SSSR count). The molecule has 2 N–H and O–H groups in total. The number of hydrogen-bond donors (Lipinski definition) is 2. The van der Waals surface area contributed by atoms with Gasteiger partial charge in [0.05, 0.1) is 12.1 Å². The predicted molar refractivity (Wildman–Crippen MR) is 59.2 cm³/mol. The number of hydrogen-bond acceptors (Lipinski definition) is 4. The van der Waals surface area contributed by atoms with E-state index in [9.17, 15) is 9.90 Å². The van der Waals surface area contributed by atoms with Crippen LogP contribution < -0.4 is 5.32 Å². The first-order valence-corrected chi connectivity index (χ1v) is 5.71. The van der Waals surface area contributed by atoms with Crippen molar-refractivity contribution in [1.29, 1.82) is 0 Å². The summed E-state index contributed by atoms with van der Waals surface area (Å²) in [5.74, 6) is 0. The number of carbonyl (C=O) groups is 1. The minimum absolute atomic E-state index is 0.0722. The number of amides is 1. The minimum Gasteiger partial charge on any atom is -0.444 e. The van der Waals surface area contributed by atoms with Crippen LogP contribution in [0.3, 0.4) is 0 Å². The van der Waals surface area contributed by atoms with Gasteiger partial charge in [-0.05, 0) is 27.2 Å². The van der Waals surface area contributed by atoms with Crippen LogP contribution in [0.4, 0.5) is 4.79 Å². The van der Waals surface area contributed by atoms with Gasteiger partial charge in [-0.3, -0.25) is 0 Å². The first-order valence-electron chi connectivity index (χ1n) is 5.71. The second kappa shape index (κ2) is 3.60. The Balaban J connectivity index is 2.01. The van der Waals surface area contributed by atoms with Gasteiger partial charge in [-0.2, -0.15) is 0 Å². The van der Waals surface area contributed by atoms with E-state index in [2.05, 4.69) is 5.32 Å². The fraction of sp³-hybridized carbons (Fsp3) is 0.909. The molecule has 2 aliphatic heterocycles. The first kappa shape index (κ1) is 11.7. The summed E-state index contributed by atoms with van der Waals surface area (Å²) in [6, 6.07) is 0.169. The van der Waals surface area contributed by atoms with Crippen LogP contribution in [-0.4, -0.2) is 53.0 Å². The average Bonchev–Trinajstić information content (AvgIpc) is 2.72. The predicted octanol–water partition coefficient (Wildman–Crippen LogP) is 0.330. The smallest absolute Gasteiger partial charge is 0.410 e. The third-order valence-corrected chi connectivity index (χ3v) is 3.18. The normalized spacial score (nSPS) is 33.2. The summed E-state index contributed by atoms with van der Waals surface area (Å²) in [6.45, 7) is 6.95. The lowest BCUT2D eigenvalue weighted by molar-refractivity contribution is 0.0167. The molecule has 0 radical (unpaired) electrons. The molecule has 1 amide bonds. The van der Waals surface area contributed by atoms with Crippen LogP contribution in [0.2, 0.25) is 0 Å². The monoisotopic (exact) mass is 228 g/mol. The van der Waals surface area contributed by atoms with Gasteiger partial charge in [0.15, 0.2) is 0 Å². The van der Waals surface area contributed by atoms with Crippen molar-refractivity contribution in [3.05, 3.63) is 0 Å². The molecule has 0 spiro atoms. The van der Waals surface area contributed by atoms with Gasteiger partial charge in [0.1, 0.15) is 5.60 Å². The van der Waals surface area contributed by atoms with Gasteiger partial charge in [-0.25, -0.2) is 4.79 Å². The van der Waals surface area contributed by atoms with E-state index in [1.54, 1.807) is 4.90 Å². The highest BCUT2D eigenvalue weighted by Crippen LogP contribution is 2.33.